The van der Waals surface area contributed by atoms with Crippen LogP contribution in [0, 0.1) is 0 Å². The molecule has 1 aromatic rings. The Morgan fingerprint density at radius 2 is 1.46 bits per heavy atom. The summed E-state index contributed by atoms with van der Waals surface area (Å²) in [5.74, 6) is -3.43. The Morgan fingerprint density at radius 1 is 0.886 bits per heavy atom. The van der Waals surface area contributed by atoms with Crippen LogP contribution in [0.15, 0.2) is 12.5 Å². The molecule has 4 unspecified atom stereocenters. The number of nitrogens with one attached hydrogen (secondary N) is 4. The molecule has 0 aliphatic carbocycles. The second kappa shape index (κ2) is 16.5. The summed E-state index contributed by atoms with van der Waals surface area (Å²) in [5, 5.41) is 26.3. The molecule has 0 bridgehead atoms. The highest BCUT2D eigenvalue weighted by atomic mass is 16.4. The van der Waals surface area contributed by atoms with E-state index in [0.717, 1.165) is 0 Å². The minimum atomic E-state index is -1.43. The van der Waals surface area contributed by atoms with E-state index in [9.17, 15) is 29.4 Å². The molecule has 3 amide bonds. The Labute approximate surface area is 203 Å². The van der Waals surface area contributed by atoms with Gasteiger partial charge >= 0.3 is 5.97 Å². The largest absolute Gasteiger partial charge is 0.480 e. The maximum atomic E-state index is 13.0. The Morgan fingerprint density at radius 3 is 2.00 bits per heavy atom. The van der Waals surface area contributed by atoms with Crippen LogP contribution < -0.4 is 33.2 Å². The number of carboxylic acid groups (broad SMARTS) is 1. The number of amides is 3. The van der Waals surface area contributed by atoms with Gasteiger partial charge in [-0.3, -0.25) is 14.4 Å². The molecule has 0 fully saturated rings. The predicted molar refractivity (Wildman–Crippen MR) is 127 cm³/mol. The number of carbonyl (C=O) groups is 4. The first-order chi connectivity index (χ1) is 16.7. The molecule has 0 radical (unpaired) electrons. The van der Waals surface area contributed by atoms with Gasteiger partial charge in [0.25, 0.3) is 0 Å². The molecule has 0 saturated heterocycles. The highest BCUT2D eigenvalue weighted by Gasteiger charge is 2.30. The first-order valence-corrected chi connectivity index (χ1v) is 11.6. The topological polar surface area (TPSA) is 252 Å². The molecule has 1 rings (SSSR count). The van der Waals surface area contributed by atoms with Gasteiger partial charge in [-0.2, -0.15) is 0 Å². The minimum absolute atomic E-state index is 0.0176. The van der Waals surface area contributed by atoms with E-state index >= 15 is 0 Å². The van der Waals surface area contributed by atoms with Crippen molar-refractivity contribution in [2.45, 2.75) is 69.1 Å². The fourth-order valence-electron chi connectivity index (χ4n) is 3.23. The van der Waals surface area contributed by atoms with Crippen molar-refractivity contribution in [2.24, 2.45) is 17.2 Å². The van der Waals surface area contributed by atoms with Crippen molar-refractivity contribution in [1.29, 1.82) is 0 Å². The molecule has 0 aliphatic heterocycles. The number of rotatable bonds is 18. The van der Waals surface area contributed by atoms with Gasteiger partial charge in [-0.05, 0) is 45.2 Å². The molecule has 0 spiro atoms. The number of aliphatic hydroxyl groups is 1. The lowest BCUT2D eigenvalue weighted by molar-refractivity contribution is -0.142. The van der Waals surface area contributed by atoms with E-state index in [1.807, 2.05) is 0 Å². The molecular weight excluding hydrogens is 460 g/mol. The Kier molecular flexibility index (Phi) is 14.2. The number of carboxylic acids is 1. The van der Waals surface area contributed by atoms with E-state index in [-0.39, 0.29) is 12.8 Å². The number of aromatic amines is 1. The van der Waals surface area contributed by atoms with Crippen LogP contribution in [0.2, 0.25) is 0 Å². The molecule has 12 N–H and O–H groups in total. The number of unbranched alkanes of at least 4 members (excludes halogenated alkanes) is 2. The lowest BCUT2D eigenvalue weighted by Gasteiger charge is -2.24. The zero-order valence-corrected chi connectivity index (χ0v) is 19.7. The Balaban J connectivity index is 2.85. The molecule has 0 aromatic carbocycles. The summed E-state index contributed by atoms with van der Waals surface area (Å²) in [6.45, 7) is 0.0747. The first kappa shape index (κ1) is 30.0. The molecule has 0 aliphatic rings. The average Bonchev–Trinajstić information content (AvgIpc) is 3.34. The van der Waals surface area contributed by atoms with Crippen LogP contribution in [0.1, 0.15) is 44.2 Å². The second-order valence-corrected chi connectivity index (χ2v) is 8.16. The average molecular weight is 499 g/mol. The number of H-pyrrole nitrogens is 1. The third-order valence-electron chi connectivity index (χ3n) is 5.29. The molecule has 198 valence electrons. The summed E-state index contributed by atoms with van der Waals surface area (Å²) in [4.78, 5) is 56.2. The van der Waals surface area contributed by atoms with Crippen LogP contribution in [0.25, 0.3) is 0 Å². The number of aromatic nitrogens is 2. The zero-order valence-electron chi connectivity index (χ0n) is 19.7. The van der Waals surface area contributed by atoms with Gasteiger partial charge in [0, 0.05) is 18.3 Å². The molecule has 4 atom stereocenters. The van der Waals surface area contributed by atoms with Gasteiger partial charge in [-0.1, -0.05) is 6.42 Å². The Bertz CT molecular complexity index is 791. The zero-order chi connectivity index (χ0) is 26.2. The monoisotopic (exact) mass is 498 g/mol. The maximum Gasteiger partial charge on any atom is 0.326 e. The lowest BCUT2D eigenvalue weighted by atomic mass is 10.1. The highest BCUT2D eigenvalue weighted by Crippen LogP contribution is 2.04. The van der Waals surface area contributed by atoms with Crippen molar-refractivity contribution >= 4 is 23.7 Å². The lowest BCUT2D eigenvalue weighted by Crippen LogP contribution is -2.58. The SMILES string of the molecule is NCCCCC(N)C(=O)NC(Cc1cnc[nH]1)C(=O)NC(CO)C(=O)NC(CCCCN)C(=O)O. The highest BCUT2D eigenvalue weighted by molar-refractivity contribution is 5.94. The van der Waals surface area contributed by atoms with Crippen molar-refractivity contribution in [2.75, 3.05) is 19.7 Å². The standard InChI is InChI=1S/C21H38N8O6/c22-7-3-1-5-14(24)18(31)28-16(9-13-10-25-12-26-13)19(32)29-17(11-30)20(33)27-15(21(34)35)6-2-4-8-23/h10,12,14-17,30H,1-9,11,22-24H2,(H,25,26)(H,27,33)(H,28,31)(H,29,32)(H,34,35). The van der Waals surface area contributed by atoms with Crippen molar-refractivity contribution in [1.82, 2.24) is 25.9 Å². The van der Waals surface area contributed by atoms with Crippen molar-refractivity contribution < 1.29 is 29.4 Å². The van der Waals surface area contributed by atoms with Crippen LogP contribution >= 0.6 is 0 Å². The summed E-state index contributed by atoms with van der Waals surface area (Å²) in [5.41, 5.74) is 17.3. The molecule has 0 saturated carbocycles. The van der Waals surface area contributed by atoms with E-state index in [0.29, 0.717) is 50.9 Å². The molecule has 14 nitrogen and oxygen atoms in total. The number of imidazole rings is 1. The minimum Gasteiger partial charge on any atom is -0.480 e. The van der Waals surface area contributed by atoms with Crippen LogP contribution in [-0.4, -0.2) is 87.7 Å². The van der Waals surface area contributed by atoms with Gasteiger partial charge in [-0.15, -0.1) is 0 Å². The summed E-state index contributed by atoms with van der Waals surface area (Å²) < 4.78 is 0. The summed E-state index contributed by atoms with van der Waals surface area (Å²) in [6.07, 6.45) is 5.84. The fourth-order valence-corrected chi connectivity index (χ4v) is 3.23. The van der Waals surface area contributed by atoms with Gasteiger partial charge < -0.3 is 48.3 Å². The smallest absolute Gasteiger partial charge is 0.326 e. The van der Waals surface area contributed by atoms with Gasteiger partial charge in [0.1, 0.15) is 18.1 Å². The van der Waals surface area contributed by atoms with E-state index in [1.165, 1.54) is 12.5 Å². The molecule has 35 heavy (non-hydrogen) atoms. The van der Waals surface area contributed by atoms with Gasteiger partial charge in [0.15, 0.2) is 0 Å². The number of hydrogen-bond donors (Lipinski definition) is 9. The van der Waals surface area contributed by atoms with Crippen molar-refractivity contribution in [3.63, 3.8) is 0 Å². The number of nitrogens with two attached hydrogens (primary N) is 3. The molecular formula is C21H38N8O6. The number of aliphatic hydroxyl groups excluding tert-OH is 1. The quantitative estimate of drug-likeness (QED) is 0.0931. The number of hydrogen-bond acceptors (Lipinski definition) is 9. The third-order valence-corrected chi connectivity index (χ3v) is 5.29. The summed E-state index contributed by atoms with van der Waals surface area (Å²) in [6, 6.07) is -4.63. The fraction of sp³-hybridized carbons (Fsp3) is 0.667. The predicted octanol–water partition coefficient (Wildman–Crippen LogP) is -2.93. The first-order valence-electron chi connectivity index (χ1n) is 11.6. The Hall–Kier alpha value is -3.07. The number of nitrogens with zero attached hydrogens (tertiary/aromatic N) is 1. The van der Waals surface area contributed by atoms with Crippen LogP contribution in [-0.2, 0) is 25.6 Å². The van der Waals surface area contributed by atoms with E-state index < -0.39 is 54.5 Å². The third kappa shape index (κ3) is 11.3. The van der Waals surface area contributed by atoms with Crippen LogP contribution in [0.4, 0.5) is 0 Å². The number of carbonyl (C=O) groups excluding carboxylic acids is 3. The molecule has 1 heterocycles. The van der Waals surface area contributed by atoms with E-state index in [1.54, 1.807) is 0 Å². The second-order valence-electron chi connectivity index (χ2n) is 8.16. The van der Waals surface area contributed by atoms with E-state index in [4.69, 9.17) is 17.2 Å². The van der Waals surface area contributed by atoms with Crippen molar-refractivity contribution in [3.05, 3.63) is 18.2 Å². The summed E-state index contributed by atoms with van der Waals surface area (Å²) >= 11 is 0. The maximum absolute atomic E-state index is 13.0. The molecule has 14 heteroatoms. The summed E-state index contributed by atoms with van der Waals surface area (Å²) in [7, 11) is 0. The van der Waals surface area contributed by atoms with Gasteiger partial charge in [-0.25, -0.2) is 9.78 Å². The van der Waals surface area contributed by atoms with Crippen LogP contribution in [0.5, 0.6) is 0 Å². The van der Waals surface area contributed by atoms with Gasteiger partial charge in [0.05, 0.1) is 19.0 Å². The van der Waals surface area contributed by atoms with E-state index in [2.05, 4.69) is 25.9 Å². The van der Waals surface area contributed by atoms with Crippen molar-refractivity contribution in [3.8, 4) is 0 Å². The molecule has 1 aromatic heterocycles. The normalized spacial score (nSPS) is 14.4. The van der Waals surface area contributed by atoms with Gasteiger partial charge in [0.2, 0.25) is 17.7 Å². The number of aliphatic carboxylic acids is 1. The van der Waals surface area contributed by atoms with Crippen LogP contribution in [0.3, 0.4) is 0 Å².